The number of benzene rings is 2. The van der Waals surface area contributed by atoms with Crippen LogP contribution in [0.4, 0.5) is 0 Å². The standard InChI is InChI=1S/C19H24ClNO2/c1-13(3-4-15-5-9-17(20)10-6-15)21-14(2)19(23)16-7-11-18(22)12-8-16/h5-14,19,21-23H,3-4H2,1-2H3. The van der Waals surface area contributed by atoms with Crippen molar-refractivity contribution in [2.24, 2.45) is 0 Å². The first-order valence-corrected chi connectivity index (χ1v) is 8.31. The van der Waals surface area contributed by atoms with Crippen LogP contribution in [-0.4, -0.2) is 22.3 Å². The van der Waals surface area contributed by atoms with Crippen molar-refractivity contribution >= 4 is 11.6 Å². The summed E-state index contributed by atoms with van der Waals surface area (Å²) in [6, 6.07) is 14.8. The van der Waals surface area contributed by atoms with Crippen molar-refractivity contribution in [3.8, 4) is 5.75 Å². The van der Waals surface area contributed by atoms with Crippen molar-refractivity contribution in [2.75, 3.05) is 0 Å². The van der Waals surface area contributed by atoms with E-state index in [9.17, 15) is 10.2 Å². The molecule has 124 valence electrons. The van der Waals surface area contributed by atoms with E-state index in [1.165, 1.54) is 5.56 Å². The van der Waals surface area contributed by atoms with Crippen molar-refractivity contribution in [1.82, 2.24) is 5.32 Å². The van der Waals surface area contributed by atoms with Gasteiger partial charge >= 0.3 is 0 Å². The maximum absolute atomic E-state index is 10.4. The fourth-order valence-corrected chi connectivity index (χ4v) is 2.74. The van der Waals surface area contributed by atoms with Gasteiger partial charge in [0.05, 0.1) is 6.10 Å². The van der Waals surface area contributed by atoms with Gasteiger partial charge in [0.1, 0.15) is 5.75 Å². The zero-order valence-corrected chi connectivity index (χ0v) is 14.3. The Hall–Kier alpha value is -1.55. The first-order valence-electron chi connectivity index (χ1n) is 7.93. The highest BCUT2D eigenvalue weighted by Gasteiger charge is 2.18. The molecule has 4 heteroatoms. The average Bonchev–Trinajstić information content (AvgIpc) is 2.54. The Kier molecular flexibility index (Phi) is 6.46. The van der Waals surface area contributed by atoms with Gasteiger partial charge in [-0.15, -0.1) is 0 Å². The predicted octanol–water partition coefficient (Wildman–Crippen LogP) is 4.08. The smallest absolute Gasteiger partial charge is 0.115 e. The Morgan fingerprint density at radius 2 is 1.61 bits per heavy atom. The van der Waals surface area contributed by atoms with Gasteiger partial charge in [-0.3, -0.25) is 0 Å². The van der Waals surface area contributed by atoms with E-state index in [0.29, 0.717) is 0 Å². The monoisotopic (exact) mass is 333 g/mol. The fraction of sp³-hybridized carbons (Fsp3) is 0.368. The summed E-state index contributed by atoms with van der Waals surface area (Å²) in [6.45, 7) is 4.09. The number of aryl methyl sites for hydroxylation is 1. The van der Waals surface area contributed by atoms with E-state index in [4.69, 9.17) is 11.6 Å². The van der Waals surface area contributed by atoms with Crippen molar-refractivity contribution in [3.05, 3.63) is 64.7 Å². The molecule has 3 atom stereocenters. The first kappa shape index (κ1) is 17.8. The van der Waals surface area contributed by atoms with Gasteiger partial charge < -0.3 is 15.5 Å². The topological polar surface area (TPSA) is 52.5 Å². The lowest BCUT2D eigenvalue weighted by Gasteiger charge is -2.25. The molecule has 2 rings (SSSR count). The van der Waals surface area contributed by atoms with Gasteiger partial charge in [0.2, 0.25) is 0 Å². The third-order valence-electron chi connectivity index (χ3n) is 4.03. The van der Waals surface area contributed by atoms with Crippen LogP contribution in [0.2, 0.25) is 5.02 Å². The molecule has 0 spiro atoms. The summed E-state index contributed by atoms with van der Waals surface area (Å²) in [5.74, 6) is 0.206. The molecule has 2 aromatic rings. The van der Waals surface area contributed by atoms with Crippen molar-refractivity contribution in [3.63, 3.8) is 0 Å². The van der Waals surface area contributed by atoms with E-state index in [1.807, 2.05) is 31.2 Å². The van der Waals surface area contributed by atoms with E-state index in [0.717, 1.165) is 23.4 Å². The normalized spacial score (nSPS) is 15.1. The molecular formula is C19H24ClNO2. The fourth-order valence-electron chi connectivity index (χ4n) is 2.62. The molecule has 0 saturated heterocycles. The number of rotatable bonds is 7. The highest BCUT2D eigenvalue weighted by atomic mass is 35.5. The molecule has 0 radical (unpaired) electrons. The Morgan fingerprint density at radius 1 is 1.00 bits per heavy atom. The van der Waals surface area contributed by atoms with Gasteiger partial charge in [-0.25, -0.2) is 0 Å². The highest BCUT2D eigenvalue weighted by molar-refractivity contribution is 6.30. The number of phenols is 1. The summed E-state index contributed by atoms with van der Waals surface area (Å²) < 4.78 is 0. The van der Waals surface area contributed by atoms with Crippen LogP contribution in [0.5, 0.6) is 5.75 Å². The van der Waals surface area contributed by atoms with E-state index in [2.05, 4.69) is 12.2 Å². The number of aliphatic hydroxyl groups is 1. The molecule has 0 bridgehead atoms. The molecule has 23 heavy (non-hydrogen) atoms. The van der Waals surface area contributed by atoms with Crippen molar-refractivity contribution < 1.29 is 10.2 Å². The third kappa shape index (κ3) is 5.54. The van der Waals surface area contributed by atoms with Crippen molar-refractivity contribution in [1.29, 1.82) is 0 Å². The van der Waals surface area contributed by atoms with E-state index < -0.39 is 6.10 Å². The molecule has 3 N–H and O–H groups in total. The lowest BCUT2D eigenvalue weighted by Crippen LogP contribution is -2.38. The molecule has 0 aromatic heterocycles. The summed E-state index contributed by atoms with van der Waals surface area (Å²) in [5, 5.41) is 23.9. The molecule has 0 fully saturated rings. The molecule has 0 aliphatic carbocycles. The molecule has 3 nitrogen and oxygen atoms in total. The maximum Gasteiger partial charge on any atom is 0.115 e. The molecule has 0 aliphatic rings. The Bertz CT molecular complexity index is 598. The van der Waals surface area contributed by atoms with E-state index >= 15 is 0 Å². The molecule has 3 unspecified atom stereocenters. The van der Waals surface area contributed by atoms with Crippen LogP contribution in [-0.2, 0) is 6.42 Å². The summed E-state index contributed by atoms with van der Waals surface area (Å²) in [6.07, 6.45) is 1.34. The van der Waals surface area contributed by atoms with Crippen LogP contribution in [0.25, 0.3) is 0 Å². The largest absolute Gasteiger partial charge is 0.508 e. The number of aliphatic hydroxyl groups excluding tert-OH is 1. The Morgan fingerprint density at radius 3 is 2.22 bits per heavy atom. The van der Waals surface area contributed by atoms with Gasteiger partial charge in [-0.05, 0) is 62.1 Å². The van der Waals surface area contributed by atoms with Gasteiger partial charge in [-0.1, -0.05) is 35.9 Å². The average molecular weight is 334 g/mol. The number of phenolic OH excluding ortho intramolecular Hbond substituents is 1. The third-order valence-corrected chi connectivity index (χ3v) is 4.29. The minimum absolute atomic E-state index is 0.0697. The van der Waals surface area contributed by atoms with Crippen LogP contribution in [0.1, 0.15) is 37.5 Å². The summed E-state index contributed by atoms with van der Waals surface area (Å²) in [7, 11) is 0. The number of hydrogen-bond acceptors (Lipinski definition) is 3. The lowest BCUT2D eigenvalue weighted by atomic mass is 10.0. The second kappa shape index (κ2) is 8.34. The number of hydrogen-bond donors (Lipinski definition) is 3. The summed E-state index contributed by atoms with van der Waals surface area (Å²) in [4.78, 5) is 0. The van der Waals surface area contributed by atoms with Crippen LogP contribution in [0.15, 0.2) is 48.5 Å². The highest BCUT2D eigenvalue weighted by Crippen LogP contribution is 2.20. The van der Waals surface area contributed by atoms with Crippen LogP contribution < -0.4 is 5.32 Å². The number of halogens is 1. The quantitative estimate of drug-likeness (QED) is 0.715. The Labute approximate surface area is 142 Å². The minimum atomic E-state index is -0.603. The molecule has 0 saturated carbocycles. The minimum Gasteiger partial charge on any atom is -0.508 e. The number of nitrogens with one attached hydrogen (secondary N) is 1. The zero-order chi connectivity index (χ0) is 16.8. The van der Waals surface area contributed by atoms with E-state index in [1.54, 1.807) is 24.3 Å². The van der Waals surface area contributed by atoms with Gasteiger partial charge in [0.15, 0.2) is 0 Å². The summed E-state index contributed by atoms with van der Waals surface area (Å²) >= 11 is 5.89. The zero-order valence-electron chi connectivity index (χ0n) is 13.5. The van der Waals surface area contributed by atoms with Crippen LogP contribution >= 0.6 is 11.6 Å². The van der Waals surface area contributed by atoms with E-state index in [-0.39, 0.29) is 17.8 Å². The first-order chi connectivity index (χ1) is 11.0. The second-order valence-electron chi connectivity index (χ2n) is 6.06. The second-order valence-corrected chi connectivity index (χ2v) is 6.49. The van der Waals surface area contributed by atoms with Crippen molar-refractivity contribution in [2.45, 2.75) is 44.9 Å². The van der Waals surface area contributed by atoms with Gasteiger partial charge in [0, 0.05) is 17.1 Å². The van der Waals surface area contributed by atoms with Crippen LogP contribution in [0.3, 0.4) is 0 Å². The SMILES string of the molecule is CC(CCc1ccc(Cl)cc1)NC(C)C(O)c1ccc(O)cc1. The lowest BCUT2D eigenvalue weighted by molar-refractivity contribution is 0.129. The molecule has 0 amide bonds. The molecular weight excluding hydrogens is 310 g/mol. The Balaban J connectivity index is 1.82. The number of aromatic hydroxyl groups is 1. The van der Waals surface area contributed by atoms with Gasteiger partial charge in [0.25, 0.3) is 0 Å². The van der Waals surface area contributed by atoms with Crippen LogP contribution in [0, 0.1) is 0 Å². The predicted molar refractivity (Wildman–Crippen MR) is 94.9 cm³/mol. The van der Waals surface area contributed by atoms with Gasteiger partial charge in [-0.2, -0.15) is 0 Å². The molecule has 2 aromatic carbocycles. The molecule has 0 heterocycles. The summed E-state index contributed by atoms with van der Waals surface area (Å²) in [5.41, 5.74) is 2.06. The molecule has 0 aliphatic heterocycles. The maximum atomic E-state index is 10.4.